The Kier molecular flexibility index (Phi) is 4.02. The number of halogens is 1. The molecule has 1 aliphatic carbocycles. The van der Waals surface area contributed by atoms with Crippen molar-refractivity contribution >= 4 is 33.0 Å². The number of hydrogen-bond acceptors (Lipinski definition) is 3. The third-order valence-corrected chi connectivity index (χ3v) is 5.42. The van der Waals surface area contributed by atoms with Crippen molar-refractivity contribution in [3.63, 3.8) is 0 Å². The average Bonchev–Trinajstić information content (AvgIpc) is 2.35. The fourth-order valence-electron chi connectivity index (χ4n) is 2.23. The summed E-state index contributed by atoms with van der Waals surface area (Å²) in [5, 5.41) is 0.0485. The molecular formula is C12H17ClN2O2S. The average molecular weight is 289 g/mol. The fourth-order valence-corrected chi connectivity index (χ4v) is 4.05. The van der Waals surface area contributed by atoms with E-state index in [4.69, 9.17) is 17.3 Å². The van der Waals surface area contributed by atoms with E-state index < -0.39 is 10.0 Å². The summed E-state index contributed by atoms with van der Waals surface area (Å²) in [4.78, 5) is 0. The van der Waals surface area contributed by atoms with Gasteiger partial charge in [0.2, 0.25) is 10.0 Å². The van der Waals surface area contributed by atoms with Gasteiger partial charge in [-0.05, 0) is 31.0 Å². The number of nitrogen functional groups attached to an aromatic ring is 1. The zero-order valence-electron chi connectivity index (χ0n) is 10.0. The lowest BCUT2D eigenvalue weighted by molar-refractivity contribution is 0.486. The van der Waals surface area contributed by atoms with E-state index in [9.17, 15) is 8.42 Å². The molecule has 18 heavy (non-hydrogen) atoms. The zero-order chi connectivity index (χ0) is 13.2. The van der Waals surface area contributed by atoms with Crippen molar-refractivity contribution < 1.29 is 8.42 Å². The van der Waals surface area contributed by atoms with Gasteiger partial charge in [-0.1, -0.05) is 30.9 Å². The van der Waals surface area contributed by atoms with E-state index in [0.717, 1.165) is 32.1 Å². The molecule has 1 aliphatic rings. The third-order valence-electron chi connectivity index (χ3n) is 3.23. The van der Waals surface area contributed by atoms with Crippen LogP contribution >= 0.6 is 11.6 Å². The van der Waals surface area contributed by atoms with Gasteiger partial charge in [-0.25, -0.2) is 8.42 Å². The predicted octanol–water partition coefficient (Wildman–Crippen LogP) is 3.00. The highest BCUT2D eigenvalue weighted by atomic mass is 35.5. The van der Waals surface area contributed by atoms with Crippen LogP contribution in [0.25, 0.3) is 0 Å². The molecule has 0 radical (unpaired) electrons. The van der Waals surface area contributed by atoms with Gasteiger partial charge >= 0.3 is 0 Å². The molecule has 100 valence electrons. The molecule has 1 saturated carbocycles. The van der Waals surface area contributed by atoms with Crippen molar-refractivity contribution in [3.05, 3.63) is 23.2 Å². The summed E-state index contributed by atoms with van der Waals surface area (Å²) in [6.45, 7) is 0. The minimum atomic E-state index is -3.37. The van der Waals surface area contributed by atoms with Crippen molar-refractivity contribution in [3.8, 4) is 0 Å². The zero-order valence-corrected chi connectivity index (χ0v) is 11.6. The number of nitrogens with one attached hydrogen (secondary N) is 1. The minimum Gasteiger partial charge on any atom is -0.399 e. The lowest BCUT2D eigenvalue weighted by Crippen LogP contribution is -2.29. The number of benzene rings is 1. The Hall–Kier alpha value is -0.940. The Morgan fingerprint density at radius 2 is 1.89 bits per heavy atom. The largest absolute Gasteiger partial charge is 0.399 e. The highest BCUT2D eigenvalue weighted by molar-refractivity contribution is 7.93. The van der Waals surface area contributed by atoms with Crippen LogP contribution in [-0.4, -0.2) is 13.7 Å². The van der Waals surface area contributed by atoms with E-state index in [1.807, 2.05) is 0 Å². The lowest BCUT2D eigenvalue weighted by atomic mass is 10.0. The van der Waals surface area contributed by atoms with Crippen molar-refractivity contribution in [1.29, 1.82) is 0 Å². The predicted molar refractivity (Wildman–Crippen MR) is 75.3 cm³/mol. The number of sulfonamides is 1. The summed E-state index contributed by atoms with van der Waals surface area (Å²) in [5.74, 6) is 0. The maximum absolute atomic E-state index is 12.2. The first-order valence-corrected chi connectivity index (χ1v) is 7.98. The SMILES string of the molecule is Nc1ccc(Cl)c(NS(=O)(=O)C2CCCCC2)c1. The first kappa shape index (κ1) is 13.5. The van der Waals surface area contributed by atoms with Crippen LogP contribution in [0.3, 0.4) is 0 Å². The molecule has 0 atom stereocenters. The minimum absolute atomic E-state index is 0.316. The van der Waals surface area contributed by atoms with E-state index in [2.05, 4.69) is 4.72 Å². The number of rotatable bonds is 3. The second-order valence-corrected chi connectivity index (χ2v) is 7.01. The maximum atomic E-state index is 12.2. The van der Waals surface area contributed by atoms with Gasteiger partial charge in [-0.15, -0.1) is 0 Å². The van der Waals surface area contributed by atoms with Gasteiger partial charge in [0.1, 0.15) is 0 Å². The molecular weight excluding hydrogens is 272 g/mol. The van der Waals surface area contributed by atoms with E-state index in [-0.39, 0.29) is 5.25 Å². The first-order chi connectivity index (χ1) is 8.49. The van der Waals surface area contributed by atoms with Crippen LogP contribution < -0.4 is 10.5 Å². The molecule has 0 aliphatic heterocycles. The molecule has 2 rings (SSSR count). The summed E-state index contributed by atoms with van der Waals surface area (Å²) < 4.78 is 27.0. The molecule has 0 bridgehead atoms. The molecule has 6 heteroatoms. The van der Waals surface area contributed by atoms with Gasteiger partial charge in [0.25, 0.3) is 0 Å². The van der Waals surface area contributed by atoms with Crippen LogP contribution in [-0.2, 0) is 10.0 Å². The number of anilines is 2. The summed E-state index contributed by atoms with van der Waals surface area (Å²) >= 11 is 5.96. The number of hydrogen-bond donors (Lipinski definition) is 2. The van der Waals surface area contributed by atoms with Crippen LogP contribution in [0.5, 0.6) is 0 Å². The molecule has 0 aromatic heterocycles. The van der Waals surface area contributed by atoms with Crippen LogP contribution in [0, 0.1) is 0 Å². The summed E-state index contributed by atoms with van der Waals surface area (Å²) in [6.07, 6.45) is 4.49. The molecule has 0 spiro atoms. The summed E-state index contributed by atoms with van der Waals surface area (Å²) in [5.41, 5.74) is 6.48. The summed E-state index contributed by atoms with van der Waals surface area (Å²) in [7, 11) is -3.37. The topological polar surface area (TPSA) is 72.2 Å². The monoisotopic (exact) mass is 288 g/mol. The van der Waals surface area contributed by atoms with Gasteiger partial charge in [-0.3, -0.25) is 4.72 Å². The maximum Gasteiger partial charge on any atom is 0.235 e. The van der Waals surface area contributed by atoms with Gasteiger partial charge < -0.3 is 5.73 Å². The first-order valence-electron chi connectivity index (χ1n) is 6.06. The van der Waals surface area contributed by atoms with Crippen molar-refractivity contribution in [2.75, 3.05) is 10.5 Å². The Morgan fingerprint density at radius 3 is 2.56 bits per heavy atom. The van der Waals surface area contributed by atoms with E-state index in [1.54, 1.807) is 18.2 Å². The second kappa shape index (κ2) is 5.36. The van der Waals surface area contributed by atoms with E-state index in [1.165, 1.54) is 0 Å². The smallest absolute Gasteiger partial charge is 0.235 e. The quantitative estimate of drug-likeness (QED) is 0.840. The third kappa shape index (κ3) is 3.09. The standard InChI is InChI=1S/C12H17ClN2O2S/c13-11-7-6-9(14)8-12(11)15-18(16,17)10-4-2-1-3-5-10/h6-8,10,15H,1-5,14H2. The Balaban J connectivity index is 2.18. The highest BCUT2D eigenvalue weighted by Crippen LogP contribution is 2.29. The number of nitrogens with two attached hydrogens (primary N) is 1. The van der Waals surface area contributed by atoms with Crippen molar-refractivity contribution in [2.24, 2.45) is 0 Å². The van der Waals surface area contributed by atoms with Crippen LogP contribution in [0.2, 0.25) is 5.02 Å². The molecule has 4 nitrogen and oxygen atoms in total. The van der Waals surface area contributed by atoms with E-state index >= 15 is 0 Å². The van der Waals surface area contributed by atoms with Gasteiger partial charge in [0.15, 0.2) is 0 Å². The molecule has 1 fully saturated rings. The highest BCUT2D eigenvalue weighted by Gasteiger charge is 2.27. The molecule has 1 aromatic rings. The molecule has 1 aromatic carbocycles. The lowest BCUT2D eigenvalue weighted by Gasteiger charge is -2.22. The molecule has 0 saturated heterocycles. The Labute approximate surface area is 113 Å². The fraction of sp³-hybridized carbons (Fsp3) is 0.500. The van der Waals surface area contributed by atoms with Gasteiger partial charge in [0.05, 0.1) is 16.0 Å². The molecule has 0 amide bonds. The molecule has 0 unspecified atom stereocenters. The van der Waals surface area contributed by atoms with Crippen LogP contribution in [0.1, 0.15) is 32.1 Å². The normalized spacial score (nSPS) is 17.6. The van der Waals surface area contributed by atoms with Crippen LogP contribution in [0.15, 0.2) is 18.2 Å². The van der Waals surface area contributed by atoms with Crippen molar-refractivity contribution in [1.82, 2.24) is 0 Å². The summed E-state index contributed by atoms with van der Waals surface area (Å²) in [6, 6.07) is 4.78. The second-order valence-electron chi connectivity index (χ2n) is 4.65. The van der Waals surface area contributed by atoms with E-state index in [0.29, 0.717) is 16.4 Å². The van der Waals surface area contributed by atoms with Crippen molar-refractivity contribution in [2.45, 2.75) is 37.4 Å². The Bertz CT molecular complexity index is 525. The molecule has 0 heterocycles. The van der Waals surface area contributed by atoms with Gasteiger partial charge in [-0.2, -0.15) is 0 Å². The van der Waals surface area contributed by atoms with Gasteiger partial charge in [0, 0.05) is 5.69 Å². The molecule has 3 N–H and O–H groups in total. The van der Waals surface area contributed by atoms with Crippen LogP contribution in [0.4, 0.5) is 11.4 Å². The Morgan fingerprint density at radius 1 is 1.22 bits per heavy atom.